The van der Waals surface area contributed by atoms with Gasteiger partial charge in [-0.05, 0) is 128 Å². The van der Waals surface area contributed by atoms with E-state index in [-0.39, 0.29) is 32.0 Å². The molecule has 510 valence electrons. The van der Waals surface area contributed by atoms with Gasteiger partial charge in [-0.15, -0.1) is 0 Å². The van der Waals surface area contributed by atoms with Crippen LogP contribution in [0.4, 0.5) is 0 Å². The van der Waals surface area contributed by atoms with Gasteiger partial charge in [0.05, 0.1) is 27.7 Å². The Labute approximate surface area is 553 Å². The highest BCUT2D eigenvalue weighted by atomic mass is 31.2. The van der Waals surface area contributed by atoms with Gasteiger partial charge in [-0.25, -0.2) is 4.57 Å². The number of carbonyl (C=O) groups excluding carboxylic acids is 2. The van der Waals surface area contributed by atoms with Crippen LogP contribution in [0.1, 0.15) is 271 Å². The predicted octanol–water partition coefficient (Wildman–Crippen LogP) is 23.7. The Bertz CT molecular complexity index is 2130. The molecule has 0 aromatic heterocycles. The minimum atomic E-state index is -4.40. The standard InChI is InChI=1S/C80H132NO8P/c1-6-8-10-12-14-16-18-20-22-24-26-28-30-32-33-34-35-36-37-38-39-40-41-42-43-44-45-46-47-49-51-53-55-57-59-61-63-65-67-69-71-73-80(83)89-78(77-88-90(84,85)87-75-74-81(3,4)5)76-86-79(82)72-70-68-66-64-62-60-58-56-54-52-50-48-31-29-27-25-23-21-19-17-15-13-11-9-7-2/h8-11,14-17,20-23,26-29,32-33,35-36,38-39,41-42,44-45,48,50,78H,6-7,12-13,18-19,24-25,30-31,34,37,40,43,46-47,49,51-77H2,1-5H3/p+1/b10-8-,11-9-,16-14-,17-15-,22-20-,23-21-,28-26-,29-27-,33-32-,36-35-,39-38-,42-41-,45-44-,50-48-. The monoisotopic (exact) mass is 1270 g/mol. The van der Waals surface area contributed by atoms with Gasteiger partial charge < -0.3 is 18.9 Å². The summed E-state index contributed by atoms with van der Waals surface area (Å²) in [7, 11) is 1.46. The zero-order chi connectivity index (χ0) is 65.5. The van der Waals surface area contributed by atoms with Crippen molar-refractivity contribution in [2.75, 3.05) is 47.5 Å². The van der Waals surface area contributed by atoms with E-state index >= 15 is 0 Å². The van der Waals surface area contributed by atoms with Crippen molar-refractivity contribution in [3.05, 3.63) is 170 Å². The van der Waals surface area contributed by atoms with Gasteiger partial charge in [0.25, 0.3) is 0 Å². The number of esters is 2. The maximum absolute atomic E-state index is 12.9. The summed E-state index contributed by atoms with van der Waals surface area (Å²) in [4.78, 5) is 35.9. The first-order valence-electron chi connectivity index (χ1n) is 35.9. The summed E-state index contributed by atoms with van der Waals surface area (Å²) in [6, 6.07) is 0. The van der Waals surface area contributed by atoms with Gasteiger partial charge in [-0.2, -0.15) is 0 Å². The van der Waals surface area contributed by atoms with Gasteiger partial charge in [0.2, 0.25) is 0 Å². The molecule has 2 atom stereocenters. The first-order chi connectivity index (χ1) is 44.0. The molecule has 0 aromatic carbocycles. The Balaban J connectivity index is 4.08. The number of unbranched alkanes of at least 4 members (excludes halogenated alkanes) is 22. The molecular formula is C80H133NO8P+. The number of likely N-dealkylation sites (N-methyl/N-ethyl adjacent to an activating group) is 1. The number of phosphoric ester groups is 1. The average Bonchev–Trinajstić information content (AvgIpc) is 3.62. The molecule has 0 aliphatic rings. The van der Waals surface area contributed by atoms with Crippen molar-refractivity contribution in [1.29, 1.82) is 0 Å². The summed E-state index contributed by atoms with van der Waals surface area (Å²) < 4.78 is 34.7. The molecule has 0 rings (SSSR count). The molecule has 0 bridgehead atoms. The van der Waals surface area contributed by atoms with Crippen LogP contribution >= 0.6 is 7.82 Å². The van der Waals surface area contributed by atoms with E-state index in [1.54, 1.807) is 0 Å². The number of ether oxygens (including phenoxy) is 2. The Hall–Kier alpha value is -4.63. The lowest BCUT2D eigenvalue weighted by molar-refractivity contribution is -0.870. The van der Waals surface area contributed by atoms with E-state index in [0.29, 0.717) is 17.4 Å². The van der Waals surface area contributed by atoms with Crippen LogP contribution < -0.4 is 0 Å². The van der Waals surface area contributed by atoms with Gasteiger partial charge in [0, 0.05) is 12.8 Å². The van der Waals surface area contributed by atoms with Gasteiger partial charge in [-0.3, -0.25) is 18.6 Å². The highest BCUT2D eigenvalue weighted by Crippen LogP contribution is 2.43. The van der Waals surface area contributed by atoms with Crippen molar-refractivity contribution < 1.29 is 42.1 Å². The fraction of sp³-hybridized carbons (Fsp3) is 0.625. The maximum atomic E-state index is 12.9. The number of allylic oxidation sites excluding steroid dienone is 28. The topological polar surface area (TPSA) is 108 Å². The third-order valence-corrected chi connectivity index (χ3v) is 15.7. The van der Waals surface area contributed by atoms with E-state index in [2.05, 4.69) is 184 Å². The molecule has 0 aromatic rings. The van der Waals surface area contributed by atoms with Crippen LogP contribution in [-0.2, 0) is 32.7 Å². The lowest BCUT2D eigenvalue weighted by Gasteiger charge is -2.24. The summed E-state index contributed by atoms with van der Waals surface area (Å²) in [5.74, 6) is -0.811. The van der Waals surface area contributed by atoms with Crippen LogP contribution in [-0.4, -0.2) is 74.9 Å². The Kier molecular flexibility index (Phi) is 65.2. The van der Waals surface area contributed by atoms with Crippen LogP contribution in [0.15, 0.2) is 170 Å². The van der Waals surface area contributed by atoms with Crippen LogP contribution in [0.3, 0.4) is 0 Å². The molecule has 0 aliphatic carbocycles. The quantitative estimate of drug-likeness (QED) is 0.0211. The van der Waals surface area contributed by atoms with E-state index in [0.717, 1.165) is 141 Å². The molecule has 2 unspecified atom stereocenters. The molecule has 90 heavy (non-hydrogen) atoms. The molecule has 1 N–H and O–H groups in total. The maximum Gasteiger partial charge on any atom is 0.472 e. The fourth-order valence-electron chi connectivity index (χ4n) is 9.33. The predicted molar refractivity (Wildman–Crippen MR) is 389 cm³/mol. The van der Waals surface area contributed by atoms with E-state index in [1.807, 2.05) is 21.1 Å². The van der Waals surface area contributed by atoms with E-state index < -0.39 is 26.5 Å². The van der Waals surface area contributed by atoms with Crippen LogP contribution in [0.2, 0.25) is 0 Å². The smallest absolute Gasteiger partial charge is 0.462 e. The second-order valence-electron chi connectivity index (χ2n) is 24.5. The number of phosphoric acid groups is 1. The van der Waals surface area contributed by atoms with Crippen molar-refractivity contribution in [3.63, 3.8) is 0 Å². The fourth-order valence-corrected chi connectivity index (χ4v) is 10.1. The summed E-state index contributed by atoms with van der Waals surface area (Å²) in [5.41, 5.74) is 0. The number of quaternary nitrogens is 1. The molecule has 0 saturated heterocycles. The number of carbonyl (C=O) groups is 2. The summed E-state index contributed by atoms with van der Waals surface area (Å²) in [5, 5.41) is 0. The van der Waals surface area contributed by atoms with Crippen LogP contribution in [0, 0.1) is 0 Å². The van der Waals surface area contributed by atoms with Crippen molar-refractivity contribution >= 4 is 19.8 Å². The molecule has 0 aliphatic heterocycles. The average molecular weight is 1270 g/mol. The largest absolute Gasteiger partial charge is 0.472 e. The number of rotatable bonds is 64. The molecule has 0 saturated carbocycles. The van der Waals surface area contributed by atoms with Crippen LogP contribution in [0.5, 0.6) is 0 Å². The molecule has 0 fully saturated rings. The SMILES string of the molecule is CC/C=C\C/C=C\C/C=C\C/C=C\C/C=C\C/C=C\C/C=C\C/C=C\C/C=C\CCCCCCCCCCCCCCCC(=O)OC(COC(=O)CCCCCCCCCCC/C=C\C/C=C\C/C=C\C/C=C\C/C=C\CC)COP(=O)(O)OCC[N+](C)(C)C. The van der Waals surface area contributed by atoms with Crippen molar-refractivity contribution in [3.8, 4) is 0 Å². The Morgan fingerprint density at radius 1 is 0.344 bits per heavy atom. The molecule has 0 spiro atoms. The second kappa shape index (κ2) is 68.7. The van der Waals surface area contributed by atoms with E-state index in [9.17, 15) is 19.0 Å². The normalized spacial score (nSPS) is 14.2. The number of hydrogen-bond donors (Lipinski definition) is 1. The van der Waals surface area contributed by atoms with Gasteiger partial charge in [0.15, 0.2) is 6.10 Å². The highest BCUT2D eigenvalue weighted by molar-refractivity contribution is 7.47. The number of hydrogen-bond acceptors (Lipinski definition) is 7. The molecule has 10 heteroatoms. The third kappa shape index (κ3) is 72.4. The molecular weight excluding hydrogens is 1130 g/mol. The van der Waals surface area contributed by atoms with E-state index in [1.165, 1.54) is 96.3 Å². The zero-order valence-corrected chi connectivity index (χ0v) is 58.9. The Morgan fingerprint density at radius 2 is 0.600 bits per heavy atom. The van der Waals surface area contributed by atoms with Crippen molar-refractivity contribution in [2.24, 2.45) is 0 Å². The third-order valence-electron chi connectivity index (χ3n) is 14.7. The molecule has 0 radical (unpaired) electrons. The minimum absolute atomic E-state index is 0.0229. The zero-order valence-electron chi connectivity index (χ0n) is 58.1. The van der Waals surface area contributed by atoms with Gasteiger partial charge in [0.1, 0.15) is 19.8 Å². The van der Waals surface area contributed by atoms with Crippen LogP contribution in [0.25, 0.3) is 0 Å². The van der Waals surface area contributed by atoms with Gasteiger partial charge in [-0.1, -0.05) is 300 Å². The lowest BCUT2D eigenvalue weighted by atomic mass is 10.0. The summed E-state index contributed by atoms with van der Waals surface area (Å²) in [6.45, 7) is 4.19. The highest BCUT2D eigenvalue weighted by Gasteiger charge is 2.27. The molecule has 0 amide bonds. The van der Waals surface area contributed by atoms with Crippen molar-refractivity contribution in [2.45, 2.75) is 277 Å². The first kappa shape index (κ1) is 85.4. The summed E-state index contributed by atoms with van der Waals surface area (Å²) >= 11 is 0. The van der Waals surface area contributed by atoms with E-state index in [4.69, 9.17) is 18.5 Å². The Morgan fingerprint density at radius 3 is 0.889 bits per heavy atom. The van der Waals surface area contributed by atoms with Gasteiger partial charge >= 0.3 is 19.8 Å². The van der Waals surface area contributed by atoms with Crippen molar-refractivity contribution in [1.82, 2.24) is 0 Å². The number of nitrogens with zero attached hydrogens (tertiary/aromatic N) is 1. The molecule has 0 heterocycles. The second-order valence-corrected chi connectivity index (χ2v) is 26.0. The lowest BCUT2D eigenvalue weighted by Crippen LogP contribution is -2.37. The summed E-state index contributed by atoms with van der Waals surface area (Å²) in [6.07, 6.45) is 105. The first-order valence-corrected chi connectivity index (χ1v) is 37.4. The molecule has 9 nitrogen and oxygen atoms in total. The minimum Gasteiger partial charge on any atom is -0.462 e.